The van der Waals surface area contributed by atoms with Crippen LogP contribution in [0.3, 0.4) is 0 Å². The Balaban J connectivity index is 0.0000000993. The third kappa shape index (κ3) is 10.5. The molecule has 0 amide bonds. The zero-order chi connectivity index (χ0) is 80.5. The molecule has 0 aliphatic carbocycles. The van der Waals surface area contributed by atoms with Crippen molar-refractivity contribution in [2.24, 2.45) is 0 Å². The van der Waals surface area contributed by atoms with E-state index in [4.69, 9.17) is 29.9 Å². The van der Waals surface area contributed by atoms with Crippen molar-refractivity contribution in [1.29, 1.82) is 0 Å². The third-order valence-corrected chi connectivity index (χ3v) is 25.7. The number of imidazole rings is 3. The van der Waals surface area contributed by atoms with Gasteiger partial charge in [0, 0.05) is 83.2 Å². The van der Waals surface area contributed by atoms with Gasteiger partial charge in [0.2, 0.25) is 0 Å². The highest BCUT2D eigenvalue weighted by Crippen LogP contribution is 2.46. The first kappa shape index (κ1) is 68.4. The van der Waals surface area contributed by atoms with E-state index in [2.05, 4.69) is 383 Å². The van der Waals surface area contributed by atoms with Gasteiger partial charge in [-0.1, -0.05) is 261 Å². The lowest BCUT2D eigenvalue weighted by Crippen LogP contribution is -1.94. The van der Waals surface area contributed by atoms with Crippen molar-refractivity contribution >= 4 is 212 Å². The molecule has 28 rings (SSSR count). The molecule has 0 atom stereocenters. The Morgan fingerprint density at radius 3 is 0.805 bits per heavy atom. The van der Waals surface area contributed by atoms with Crippen molar-refractivity contribution < 1.29 is 0 Å². The number of benzene rings is 19. The Kier molecular flexibility index (Phi) is 15.0. The second kappa shape index (κ2) is 27.0. The fourth-order valence-electron chi connectivity index (χ4n) is 20.2. The molecule has 0 aliphatic heterocycles. The molecule has 9 aromatic heterocycles. The highest BCUT2D eigenvalue weighted by Gasteiger charge is 2.23. The first-order valence-electron chi connectivity index (χ1n) is 41.9. The number of para-hydroxylation sites is 6. The van der Waals surface area contributed by atoms with Gasteiger partial charge < -0.3 is 0 Å². The fourth-order valence-corrected chi connectivity index (χ4v) is 20.2. The summed E-state index contributed by atoms with van der Waals surface area (Å²) in [5, 5.41) is 29.0. The number of aromatic nitrogens is 9. The molecule has 0 unspecified atom stereocenters. The molecule has 568 valence electrons. The Bertz CT molecular complexity index is 9080. The number of hydrogen-bond acceptors (Lipinski definition) is 6. The van der Waals surface area contributed by atoms with Crippen LogP contribution < -0.4 is 0 Å². The van der Waals surface area contributed by atoms with Crippen LogP contribution in [-0.2, 0) is 0 Å². The summed E-state index contributed by atoms with van der Waals surface area (Å²) in [5.74, 6) is 0. The zero-order valence-corrected chi connectivity index (χ0v) is 66.2. The molecule has 28 aromatic rings. The molecule has 0 saturated carbocycles. The van der Waals surface area contributed by atoms with Crippen LogP contribution in [0.4, 0.5) is 0 Å². The van der Waals surface area contributed by atoms with E-state index < -0.39 is 0 Å². The van der Waals surface area contributed by atoms with Crippen molar-refractivity contribution in [3.63, 3.8) is 0 Å². The van der Waals surface area contributed by atoms with Gasteiger partial charge in [0.15, 0.2) is 0 Å². The van der Waals surface area contributed by atoms with E-state index in [1.54, 1.807) is 0 Å². The average Bonchev–Trinajstić information content (AvgIpc) is 1.63. The SMILES string of the molecule is c1ccc2c(c1)cc(-c1ccc(-c3ccc4c(c3)c3c(ccc5cccnc53)c3nc5ccccc5n43)cc1)c1ccccc12.c1ccc2c(c1)cc(-c1ccc3c(c1)c1c(ccc4cccnc41)c1nc4ccccc4n31)c1ccccc12.c1ccc2c(c1)cc(-c1ccc3c(c1)c1c(ccc4cccnc41)c1nc4ccccc4n31)c1ccccc12. The summed E-state index contributed by atoms with van der Waals surface area (Å²) in [4.78, 5) is 29.9. The minimum absolute atomic E-state index is 0.964. The quantitative estimate of drug-likeness (QED) is 0.163. The average molecular weight is 1560 g/mol. The molecule has 0 bridgehead atoms. The van der Waals surface area contributed by atoms with Gasteiger partial charge in [-0.05, 0) is 237 Å². The highest BCUT2D eigenvalue weighted by molar-refractivity contribution is 6.28. The standard InChI is InChI=1S/C42H25N3.2C36H21N3/c1-2-10-31-30(8-1)25-35(33-12-4-3-11-32(31)33)27-17-15-26(16-18-27)29-20-22-38-36(24-29)40-34(21-19-28-9-7-23-43-41(28)40)42-44-37-13-5-6-14-39(37)45(38)42;2*1-2-10-25-23(8-1)20-29(27-12-4-3-11-26(25)27)24-16-18-32-30(21-24)34-28(17-15-22-9-7-19-37-35(22)34)36-38-31-13-5-6-14-33(31)39(32)36/h1-25H;2*1-21H. The maximum absolute atomic E-state index is 5.10. The molecule has 0 saturated heterocycles. The number of nitrogens with zero attached hydrogens (tertiary/aromatic N) is 9. The van der Waals surface area contributed by atoms with Crippen LogP contribution in [0.25, 0.3) is 257 Å². The first-order valence-corrected chi connectivity index (χ1v) is 41.9. The zero-order valence-electron chi connectivity index (χ0n) is 66.2. The largest absolute Gasteiger partial charge is 0.292 e. The lowest BCUT2D eigenvalue weighted by molar-refractivity contribution is 1.31. The first-order chi connectivity index (χ1) is 61.0. The molecule has 0 spiro atoms. The van der Waals surface area contributed by atoms with Crippen LogP contribution >= 0.6 is 0 Å². The molecule has 0 fully saturated rings. The summed E-state index contributed by atoms with van der Waals surface area (Å²) in [5.41, 5.74) is 25.4. The molecular formula is C114H67N9. The van der Waals surface area contributed by atoms with Crippen molar-refractivity contribution in [1.82, 2.24) is 43.1 Å². The van der Waals surface area contributed by atoms with Crippen molar-refractivity contribution in [2.75, 3.05) is 0 Å². The van der Waals surface area contributed by atoms with Crippen LogP contribution in [0.15, 0.2) is 407 Å². The summed E-state index contributed by atoms with van der Waals surface area (Å²) in [6, 6.07) is 140. The molecule has 9 nitrogen and oxygen atoms in total. The van der Waals surface area contributed by atoms with Crippen LogP contribution in [0.1, 0.15) is 0 Å². The topological polar surface area (TPSA) is 90.6 Å². The number of hydrogen-bond donors (Lipinski definition) is 0. The number of pyridine rings is 6. The predicted octanol–water partition coefficient (Wildman–Crippen LogP) is 29.6. The maximum atomic E-state index is 5.10. The second-order valence-corrected chi connectivity index (χ2v) is 32.3. The molecular weight excluding hydrogens is 1500 g/mol. The van der Waals surface area contributed by atoms with Gasteiger partial charge in [-0.2, -0.15) is 0 Å². The normalized spacial score (nSPS) is 12.1. The van der Waals surface area contributed by atoms with E-state index in [0.29, 0.717) is 0 Å². The monoisotopic (exact) mass is 1560 g/mol. The van der Waals surface area contributed by atoms with Crippen LogP contribution in [0.5, 0.6) is 0 Å². The molecule has 19 aromatic carbocycles. The predicted molar refractivity (Wildman–Crippen MR) is 516 cm³/mol. The van der Waals surface area contributed by atoms with Gasteiger partial charge in [-0.15, -0.1) is 0 Å². The lowest BCUT2D eigenvalue weighted by Gasteiger charge is -2.14. The third-order valence-electron chi connectivity index (χ3n) is 25.7. The van der Waals surface area contributed by atoms with E-state index >= 15 is 0 Å². The van der Waals surface area contributed by atoms with Gasteiger partial charge in [-0.25, -0.2) is 15.0 Å². The molecule has 0 aliphatic rings. The van der Waals surface area contributed by atoms with Crippen LogP contribution in [0, 0.1) is 0 Å². The van der Waals surface area contributed by atoms with Gasteiger partial charge in [0.1, 0.15) is 16.9 Å². The minimum atomic E-state index is 0.964. The summed E-state index contributed by atoms with van der Waals surface area (Å²) < 4.78 is 6.92. The molecule has 0 radical (unpaired) electrons. The lowest BCUT2D eigenvalue weighted by atomic mass is 9.92. The van der Waals surface area contributed by atoms with Gasteiger partial charge in [0.05, 0.1) is 66.2 Å². The summed E-state index contributed by atoms with van der Waals surface area (Å²) in [6.07, 6.45) is 5.67. The van der Waals surface area contributed by atoms with E-state index in [1.165, 1.54) is 125 Å². The van der Waals surface area contributed by atoms with E-state index in [9.17, 15) is 0 Å². The van der Waals surface area contributed by atoms with Crippen molar-refractivity contribution in [3.05, 3.63) is 407 Å². The van der Waals surface area contributed by atoms with E-state index in [-0.39, 0.29) is 0 Å². The molecule has 9 heterocycles. The van der Waals surface area contributed by atoms with Crippen molar-refractivity contribution in [2.45, 2.75) is 0 Å². The number of fused-ring (bicyclic) bond motifs is 39. The number of rotatable bonds is 4. The van der Waals surface area contributed by atoms with E-state index in [0.717, 1.165) is 132 Å². The van der Waals surface area contributed by atoms with Crippen molar-refractivity contribution in [3.8, 4) is 44.5 Å². The van der Waals surface area contributed by atoms with Crippen LogP contribution in [0.2, 0.25) is 0 Å². The van der Waals surface area contributed by atoms with Gasteiger partial charge in [-0.3, -0.25) is 28.2 Å². The fraction of sp³-hybridized carbons (Fsp3) is 0. The summed E-state index contributed by atoms with van der Waals surface area (Å²) >= 11 is 0. The molecule has 123 heavy (non-hydrogen) atoms. The summed E-state index contributed by atoms with van der Waals surface area (Å²) in [6.45, 7) is 0. The van der Waals surface area contributed by atoms with Gasteiger partial charge in [0.25, 0.3) is 0 Å². The van der Waals surface area contributed by atoms with Gasteiger partial charge >= 0.3 is 0 Å². The smallest absolute Gasteiger partial charge is 0.146 e. The highest BCUT2D eigenvalue weighted by atomic mass is 15.0. The Morgan fingerprint density at radius 1 is 0.163 bits per heavy atom. The van der Waals surface area contributed by atoms with E-state index in [1.807, 2.05) is 36.8 Å². The second-order valence-electron chi connectivity index (χ2n) is 32.3. The Hall–Kier alpha value is -16.6. The van der Waals surface area contributed by atoms with Crippen LogP contribution in [-0.4, -0.2) is 43.1 Å². The Morgan fingerprint density at radius 2 is 0.439 bits per heavy atom. The maximum Gasteiger partial charge on any atom is 0.146 e. The molecule has 0 N–H and O–H groups in total. The molecule has 9 heteroatoms. The minimum Gasteiger partial charge on any atom is -0.292 e. The summed E-state index contributed by atoms with van der Waals surface area (Å²) in [7, 11) is 0. The Labute approximate surface area is 702 Å².